The average molecular weight is 344 g/mol. The van der Waals surface area contributed by atoms with E-state index in [1.807, 2.05) is 22.8 Å². The summed E-state index contributed by atoms with van der Waals surface area (Å²) in [4.78, 5) is 0. The van der Waals surface area contributed by atoms with Gasteiger partial charge in [0.15, 0.2) is 11.0 Å². The first-order chi connectivity index (χ1) is 10.2. The number of methoxy groups -OCH3 is 1. The number of hydrogen-bond acceptors (Lipinski definition) is 4. The highest BCUT2D eigenvalue weighted by atomic mass is 35.5. The number of ether oxygens (including phenoxy) is 1. The number of halogens is 2. The van der Waals surface area contributed by atoms with Gasteiger partial charge in [-0.3, -0.25) is 0 Å². The van der Waals surface area contributed by atoms with Gasteiger partial charge in [-0.05, 0) is 17.7 Å². The molecule has 112 valence electrons. The van der Waals surface area contributed by atoms with E-state index in [-0.39, 0.29) is 0 Å². The van der Waals surface area contributed by atoms with E-state index in [1.54, 1.807) is 24.9 Å². The van der Waals surface area contributed by atoms with Gasteiger partial charge in [0, 0.05) is 19.4 Å². The van der Waals surface area contributed by atoms with E-state index < -0.39 is 0 Å². The molecule has 4 nitrogen and oxygen atoms in total. The van der Waals surface area contributed by atoms with Gasteiger partial charge in [0.05, 0.1) is 10.0 Å². The van der Waals surface area contributed by atoms with Crippen LogP contribution in [0.1, 0.15) is 11.4 Å². The Morgan fingerprint density at radius 2 is 2.14 bits per heavy atom. The summed E-state index contributed by atoms with van der Waals surface area (Å²) in [6.07, 6.45) is 1.81. The first kappa shape index (κ1) is 16.4. The number of aromatic nitrogens is 3. The molecule has 0 saturated heterocycles. The molecule has 0 atom stereocenters. The van der Waals surface area contributed by atoms with E-state index in [9.17, 15) is 0 Å². The quantitative estimate of drug-likeness (QED) is 0.557. The van der Waals surface area contributed by atoms with Crippen LogP contribution in [0.3, 0.4) is 0 Å². The number of nitrogens with zero attached hydrogens (tertiary/aromatic N) is 3. The van der Waals surface area contributed by atoms with Crippen molar-refractivity contribution in [1.29, 1.82) is 0 Å². The molecule has 0 saturated carbocycles. The van der Waals surface area contributed by atoms with Crippen LogP contribution in [0, 0.1) is 0 Å². The number of benzene rings is 1. The minimum Gasteiger partial charge on any atom is -0.377 e. The van der Waals surface area contributed by atoms with Crippen LogP contribution in [0.15, 0.2) is 36.0 Å². The smallest absolute Gasteiger partial charge is 0.191 e. The Morgan fingerprint density at radius 3 is 2.81 bits per heavy atom. The Morgan fingerprint density at radius 1 is 1.33 bits per heavy atom. The molecule has 0 aliphatic carbocycles. The zero-order chi connectivity index (χ0) is 15.2. The fourth-order valence-corrected chi connectivity index (χ4v) is 2.98. The predicted octanol–water partition coefficient (Wildman–Crippen LogP) is 4.21. The maximum absolute atomic E-state index is 6.02. The van der Waals surface area contributed by atoms with Gasteiger partial charge >= 0.3 is 0 Å². The first-order valence-corrected chi connectivity index (χ1v) is 7.98. The van der Waals surface area contributed by atoms with Crippen LogP contribution >= 0.6 is 35.0 Å². The van der Waals surface area contributed by atoms with Crippen LogP contribution in [0.5, 0.6) is 0 Å². The first-order valence-electron chi connectivity index (χ1n) is 6.24. The van der Waals surface area contributed by atoms with Crippen LogP contribution in [-0.2, 0) is 23.6 Å². The molecule has 1 aromatic carbocycles. The molecule has 0 radical (unpaired) electrons. The molecule has 0 spiro atoms. The SMILES string of the molecule is C=CCn1c(COC)nnc1SCc1ccc(Cl)c(Cl)c1. The number of thioether (sulfide) groups is 1. The Balaban J connectivity index is 2.11. The summed E-state index contributed by atoms with van der Waals surface area (Å²) < 4.78 is 7.11. The molecule has 0 unspecified atom stereocenters. The Kier molecular flexibility index (Phi) is 6.11. The van der Waals surface area contributed by atoms with Gasteiger partial charge in [-0.25, -0.2) is 0 Å². The van der Waals surface area contributed by atoms with Crippen molar-refractivity contribution < 1.29 is 4.74 Å². The summed E-state index contributed by atoms with van der Waals surface area (Å²) in [6.45, 7) is 4.83. The summed E-state index contributed by atoms with van der Waals surface area (Å²) in [7, 11) is 1.63. The van der Waals surface area contributed by atoms with Crippen molar-refractivity contribution in [3.8, 4) is 0 Å². The number of hydrogen-bond donors (Lipinski definition) is 0. The highest BCUT2D eigenvalue weighted by Gasteiger charge is 2.11. The van der Waals surface area contributed by atoms with E-state index in [2.05, 4.69) is 16.8 Å². The molecule has 0 bridgehead atoms. The maximum atomic E-state index is 6.02. The topological polar surface area (TPSA) is 39.9 Å². The van der Waals surface area contributed by atoms with E-state index in [4.69, 9.17) is 27.9 Å². The van der Waals surface area contributed by atoms with Gasteiger partial charge in [-0.1, -0.05) is 47.1 Å². The van der Waals surface area contributed by atoms with Gasteiger partial charge in [-0.2, -0.15) is 0 Å². The fraction of sp³-hybridized carbons (Fsp3) is 0.286. The fourth-order valence-electron chi connectivity index (χ4n) is 1.75. The van der Waals surface area contributed by atoms with E-state index in [1.165, 1.54) is 0 Å². The van der Waals surface area contributed by atoms with Crippen LogP contribution in [0.25, 0.3) is 0 Å². The molecule has 0 aliphatic heterocycles. The third-order valence-corrected chi connectivity index (χ3v) is 4.51. The second kappa shape index (κ2) is 7.84. The van der Waals surface area contributed by atoms with Crippen molar-refractivity contribution in [2.24, 2.45) is 0 Å². The average Bonchev–Trinajstić information content (AvgIpc) is 2.84. The van der Waals surface area contributed by atoms with Gasteiger partial charge in [-0.15, -0.1) is 16.8 Å². The van der Waals surface area contributed by atoms with E-state index in [0.29, 0.717) is 23.2 Å². The highest BCUT2D eigenvalue weighted by Crippen LogP contribution is 2.27. The van der Waals surface area contributed by atoms with Crippen molar-refractivity contribution in [1.82, 2.24) is 14.8 Å². The highest BCUT2D eigenvalue weighted by molar-refractivity contribution is 7.98. The van der Waals surface area contributed by atoms with Gasteiger partial charge < -0.3 is 9.30 Å². The predicted molar refractivity (Wildman–Crippen MR) is 87.0 cm³/mol. The molecule has 0 N–H and O–H groups in total. The molecule has 0 aliphatic rings. The van der Waals surface area contributed by atoms with Crippen molar-refractivity contribution in [2.75, 3.05) is 7.11 Å². The Bertz CT molecular complexity index is 631. The monoisotopic (exact) mass is 343 g/mol. The van der Waals surface area contributed by atoms with Crippen molar-refractivity contribution in [2.45, 2.75) is 24.1 Å². The molecule has 21 heavy (non-hydrogen) atoms. The van der Waals surface area contributed by atoms with Crippen LogP contribution in [-0.4, -0.2) is 21.9 Å². The van der Waals surface area contributed by atoms with Crippen LogP contribution in [0.2, 0.25) is 10.0 Å². The van der Waals surface area contributed by atoms with E-state index >= 15 is 0 Å². The molecule has 2 aromatic rings. The van der Waals surface area contributed by atoms with Crippen LogP contribution < -0.4 is 0 Å². The largest absolute Gasteiger partial charge is 0.377 e. The lowest BCUT2D eigenvalue weighted by Gasteiger charge is -2.07. The summed E-state index contributed by atoms with van der Waals surface area (Å²) in [5.41, 5.74) is 1.08. The third kappa shape index (κ3) is 4.23. The van der Waals surface area contributed by atoms with Crippen molar-refractivity contribution >= 4 is 35.0 Å². The standard InChI is InChI=1S/C14H15Cl2N3OS/c1-3-6-19-13(8-20-2)17-18-14(19)21-9-10-4-5-11(15)12(16)7-10/h3-5,7H,1,6,8-9H2,2H3. The minimum atomic E-state index is 0.425. The molecule has 1 aromatic heterocycles. The normalized spacial score (nSPS) is 10.8. The molecule has 0 amide bonds. The molecular formula is C14H15Cl2N3OS. The molecule has 0 fully saturated rings. The van der Waals surface area contributed by atoms with Gasteiger partial charge in [0.1, 0.15) is 6.61 Å². The molecule has 7 heteroatoms. The van der Waals surface area contributed by atoms with Gasteiger partial charge in [0.2, 0.25) is 0 Å². The lowest BCUT2D eigenvalue weighted by molar-refractivity contribution is 0.174. The Labute approximate surface area is 138 Å². The summed E-state index contributed by atoms with van der Waals surface area (Å²) in [5, 5.41) is 10.3. The number of allylic oxidation sites excluding steroid dienone is 1. The summed E-state index contributed by atoms with van der Waals surface area (Å²) in [5.74, 6) is 1.52. The lowest BCUT2D eigenvalue weighted by Crippen LogP contribution is -2.04. The minimum absolute atomic E-state index is 0.425. The Hall–Kier alpha value is -1.01. The summed E-state index contributed by atoms with van der Waals surface area (Å²) >= 11 is 13.5. The second-order valence-corrected chi connectivity index (χ2v) is 6.03. The molecular weight excluding hydrogens is 329 g/mol. The third-order valence-electron chi connectivity index (χ3n) is 2.73. The number of rotatable bonds is 7. The lowest BCUT2D eigenvalue weighted by atomic mass is 10.2. The molecule has 2 rings (SSSR count). The summed E-state index contributed by atoms with van der Waals surface area (Å²) in [6, 6.07) is 5.61. The second-order valence-electron chi connectivity index (χ2n) is 4.27. The zero-order valence-corrected chi connectivity index (χ0v) is 13.9. The maximum Gasteiger partial charge on any atom is 0.191 e. The van der Waals surface area contributed by atoms with Crippen LogP contribution in [0.4, 0.5) is 0 Å². The molecule has 1 heterocycles. The zero-order valence-electron chi connectivity index (χ0n) is 11.6. The van der Waals surface area contributed by atoms with Gasteiger partial charge in [0.25, 0.3) is 0 Å². The van der Waals surface area contributed by atoms with Crippen molar-refractivity contribution in [3.05, 3.63) is 52.3 Å². The van der Waals surface area contributed by atoms with Crippen molar-refractivity contribution in [3.63, 3.8) is 0 Å². The van der Waals surface area contributed by atoms with E-state index in [0.717, 1.165) is 22.3 Å².